The van der Waals surface area contributed by atoms with Gasteiger partial charge in [0.15, 0.2) is 0 Å². The summed E-state index contributed by atoms with van der Waals surface area (Å²) >= 11 is 0. The highest BCUT2D eigenvalue weighted by molar-refractivity contribution is 7.89. The summed E-state index contributed by atoms with van der Waals surface area (Å²) in [5.74, 6) is -0.724. The fraction of sp³-hybridized carbons (Fsp3) is 0.333. The first kappa shape index (κ1) is 17.1. The Morgan fingerprint density at radius 3 is 2.54 bits per heavy atom. The van der Waals surface area contributed by atoms with Crippen LogP contribution in [-0.4, -0.2) is 33.0 Å². The summed E-state index contributed by atoms with van der Waals surface area (Å²) in [6, 6.07) is 13.8. The highest BCUT2D eigenvalue weighted by Crippen LogP contribution is 2.18. The predicted octanol–water partition coefficient (Wildman–Crippen LogP) is 2.55. The lowest BCUT2D eigenvalue weighted by molar-refractivity contribution is 0.251. The molecule has 0 saturated heterocycles. The quantitative estimate of drug-likeness (QED) is 0.816. The van der Waals surface area contributed by atoms with Gasteiger partial charge in [0.2, 0.25) is 10.0 Å². The summed E-state index contributed by atoms with van der Waals surface area (Å²) in [6.07, 6.45) is 1.72. The average molecular weight is 348 g/mol. The van der Waals surface area contributed by atoms with Crippen molar-refractivity contribution in [2.24, 2.45) is 0 Å². The number of rotatable bonds is 6. The van der Waals surface area contributed by atoms with Crippen LogP contribution in [0.1, 0.15) is 17.5 Å². The zero-order valence-electron chi connectivity index (χ0n) is 13.4. The summed E-state index contributed by atoms with van der Waals surface area (Å²) in [5, 5.41) is 0. The number of hydrogen-bond acceptors (Lipinski definition) is 3. The van der Waals surface area contributed by atoms with Gasteiger partial charge in [0.25, 0.3) is 0 Å². The number of nitrogens with one attached hydrogen (secondary N) is 1. The van der Waals surface area contributed by atoms with E-state index >= 15 is 0 Å². The van der Waals surface area contributed by atoms with E-state index in [1.54, 1.807) is 0 Å². The molecule has 0 fully saturated rings. The third-order valence-electron chi connectivity index (χ3n) is 4.28. The van der Waals surface area contributed by atoms with Crippen molar-refractivity contribution >= 4 is 10.0 Å². The summed E-state index contributed by atoms with van der Waals surface area (Å²) < 4.78 is 40.3. The van der Waals surface area contributed by atoms with Crippen molar-refractivity contribution in [1.29, 1.82) is 0 Å². The molecule has 4 nitrogen and oxygen atoms in total. The third-order valence-corrected chi connectivity index (χ3v) is 5.77. The molecule has 0 saturated carbocycles. The first-order valence-corrected chi connectivity index (χ1v) is 9.58. The number of fused-ring (bicyclic) bond motifs is 1. The second-order valence-corrected chi connectivity index (χ2v) is 7.71. The van der Waals surface area contributed by atoms with Crippen molar-refractivity contribution in [3.63, 3.8) is 0 Å². The van der Waals surface area contributed by atoms with Crippen LogP contribution in [-0.2, 0) is 23.0 Å². The standard InChI is InChI=1S/C18H21FN2O2S/c19-17-8-3-4-9-18(17)24(22,23)20-11-5-12-21-13-10-15-6-1-2-7-16(15)14-21/h1-4,6-9,20H,5,10-14H2. The number of nitrogens with zero attached hydrogens (tertiary/aromatic N) is 1. The van der Waals surface area contributed by atoms with Crippen LogP contribution in [0, 0.1) is 5.82 Å². The topological polar surface area (TPSA) is 49.4 Å². The van der Waals surface area contributed by atoms with E-state index in [1.807, 2.05) is 6.07 Å². The number of sulfonamides is 1. The SMILES string of the molecule is O=S(=O)(NCCCN1CCc2ccccc2C1)c1ccccc1F. The molecule has 1 aliphatic rings. The third kappa shape index (κ3) is 4.01. The summed E-state index contributed by atoms with van der Waals surface area (Å²) in [7, 11) is -3.79. The van der Waals surface area contributed by atoms with Crippen molar-refractivity contribution in [1.82, 2.24) is 9.62 Å². The van der Waals surface area contributed by atoms with Crippen LogP contribution in [0.5, 0.6) is 0 Å². The van der Waals surface area contributed by atoms with Crippen LogP contribution in [0.15, 0.2) is 53.4 Å². The lowest BCUT2D eigenvalue weighted by Gasteiger charge is -2.28. The minimum Gasteiger partial charge on any atom is -0.299 e. The van der Waals surface area contributed by atoms with E-state index in [9.17, 15) is 12.8 Å². The maximum Gasteiger partial charge on any atom is 0.243 e. The van der Waals surface area contributed by atoms with E-state index in [1.165, 1.54) is 29.3 Å². The van der Waals surface area contributed by atoms with Crippen LogP contribution in [0.3, 0.4) is 0 Å². The maximum atomic E-state index is 13.6. The van der Waals surface area contributed by atoms with E-state index in [2.05, 4.69) is 27.8 Å². The second-order valence-electron chi connectivity index (χ2n) is 5.98. The van der Waals surface area contributed by atoms with Gasteiger partial charge in [-0.15, -0.1) is 0 Å². The molecule has 0 spiro atoms. The first-order chi connectivity index (χ1) is 11.6. The van der Waals surface area contributed by atoms with Crippen LogP contribution >= 0.6 is 0 Å². The Bertz CT molecular complexity index is 808. The second kappa shape index (κ2) is 7.42. The van der Waals surface area contributed by atoms with Crippen molar-refractivity contribution in [3.8, 4) is 0 Å². The molecule has 0 amide bonds. The van der Waals surface area contributed by atoms with Crippen molar-refractivity contribution in [2.75, 3.05) is 19.6 Å². The number of halogens is 1. The van der Waals surface area contributed by atoms with Crippen LogP contribution in [0.4, 0.5) is 4.39 Å². The molecule has 3 rings (SSSR count). The summed E-state index contributed by atoms with van der Waals surface area (Å²) in [5.41, 5.74) is 2.74. The van der Waals surface area contributed by atoms with Gasteiger partial charge in [-0.3, -0.25) is 4.90 Å². The Balaban J connectivity index is 1.49. The van der Waals surface area contributed by atoms with Gasteiger partial charge in [0.05, 0.1) is 0 Å². The van der Waals surface area contributed by atoms with Gasteiger partial charge in [-0.2, -0.15) is 0 Å². The van der Waals surface area contributed by atoms with Gasteiger partial charge < -0.3 is 0 Å². The van der Waals surface area contributed by atoms with Gasteiger partial charge in [-0.25, -0.2) is 17.5 Å². The van der Waals surface area contributed by atoms with Gasteiger partial charge in [0.1, 0.15) is 10.7 Å². The van der Waals surface area contributed by atoms with Crippen molar-refractivity contribution in [2.45, 2.75) is 24.3 Å². The van der Waals surface area contributed by atoms with Gasteiger partial charge in [-0.1, -0.05) is 36.4 Å². The molecule has 0 aliphatic carbocycles. The molecule has 0 aromatic heterocycles. The lowest BCUT2D eigenvalue weighted by Crippen LogP contribution is -2.33. The fourth-order valence-corrected chi connectivity index (χ4v) is 4.15. The lowest BCUT2D eigenvalue weighted by atomic mass is 10.00. The molecule has 2 aromatic carbocycles. The van der Waals surface area contributed by atoms with E-state index in [4.69, 9.17) is 0 Å². The Hall–Kier alpha value is -1.76. The molecule has 0 atom stereocenters. The first-order valence-electron chi connectivity index (χ1n) is 8.09. The molecule has 0 radical (unpaired) electrons. The van der Waals surface area contributed by atoms with E-state index < -0.39 is 15.8 Å². The highest BCUT2D eigenvalue weighted by Gasteiger charge is 2.18. The molecular formula is C18H21FN2O2S. The largest absolute Gasteiger partial charge is 0.299 e. The minimum absolute atomic E-state index is 0.295. The number of hydrogen-bond donors (Lipinski definition) is 1. The Kier molecular flexibility index (Phi) is 5.28. The zero-order chi connectivity index (χ0) is 17.0. The molecule has 128 valence electrons. The molecule has 1 heterocycles. The van der Waals surface area contributed by atoms with E-state index in [-0.39, 0.29) is 4.90 Å². The molecule has 1 aliphatic heterocycles. The number of benzene rings is 2. The van der Waals surface area contributed by atoms with Crippen LogP contribution in [0.2, 0.25) is 0 Å². The molecule has 0 bridgehead atoms. The van der Waals surface area contributed by atoms with E-state index in [0.29, 0.717) is 13.0 Å². The van der Waals surface area contributed by atoms with Gasteiger partial charge >= 0.3 is 0 Å². The van der Waals surface area contributed by atoms with E-state index in [0.717, 1.165) is 32.1 Å². The molecule has 6 heteroatoms. The monoisotopic (exact) mass is 348 g/mol. The molecule has 2 aromatic rings. The maximum absolute atomic E-state index is 13.6. The Morgan fingerprint density at radius 1 is 1.04 bits per heavy atom. The Morgan fingerprint density at radius 2 is 1.75 bits per heavy atom. The molecule has 0 unspecified atom stereocenters. The average Bonchev–Trinajstić information content (AvgIpc) is 2.59. The van der Waals surface area contributed by atoms with Crippen molar-refractivity contribution < 1.29 is 12.8 Å². The van der Waals surface area contributed by atoms with Gasteiger partial charge in [-0.05, 0) is 42.6 Å². The normalized spacial score (nSPS) is 15.2. The highest BCUT2D eigenvalue weighted by atomic mass is 32.2. The van der Waals surface area contributed by atoms with Crippen LogP contribution < -0.4 is 4.72 Å². The van der Waals surface area contributed by atoms with Gasteiger partial charge in [0, 0.05) is 19.6 Å². The van der Waals surface area contributed by atoms with Crippen molar-refractivity contribution in [3.05, 3.63) is 65.5 Å². The van der Waals surface area contributed by atoms with Crippen LogP contribution in [0.25, 0.3) is 0 Å². The minimum atomic E-state index is -3.79. The molecule has 24 heavy (non-hydrogen) atoms. The smallest absolute Gasteiger partial charge is 0.243 e. The zero-order valence-corrected chi connectivity index (χ0v) is 14.2. The molecular weight excluding hydrogens is 327 g/mol. The molecule has 1 N–H and O–H groups in total. The summed E-state index contributed by atoms with van der Waals surface area (Å²) in [4.78, 5) is 2.02. The fourth-order valence-electron chi connectivity index (χ4n) is 2.99. The predicted molar refractivity (Wildman–Crippen MR) is 91.6 cm³/mol. The summed E-state index contributed by atoms with van der Waals surface area (Å²) in [6.45, 7) is 3.00. The Labute approximate surface area is 142 Å².